The zero-order valence-corrected chi connectivity index (χ0v) is 11.3. The van der Waals surface area contributed by atoms with Crippen molar-refractivity contribution in [2.75, 3.05) is 6.54 Å². The van der Waals surface area contributed by atoms with Crippen molar-refractivity contribution in [2.45, 2.75) is 37.7 Å². The lowest BCUT2D eigenvalue weighted by atomic mass is 10.00. The summed E-state index contributed by atoms with van der Waals surface area (Å²) in [4.78, 5) is 12.9. The lowest BCUT2D eigenvalue weighted by Gasteiger charge is -2.36. The molecule has 0 aliphatic carbocycles. The molecule has 2 nitrogen and oxygen atoms in total. The lowest BCUT2D eigenvalue weighted by molar-refractivity contribution is -0.183. The summed E-state index contributed by atoms with van der Waals surface area (Å²) in [6.45, 7) is -0.0516. The van der Waals surface area contributed by atoms with E-state index in [1.165, 1.54) is 0 Å². The number of carbonyl (C=O) groups excluding carboxylic acids is 1. The third-order valence-corrected chi connectivity index (χ3v) is 3.60. The predicted octanol–water partition coefficient (Wildman–Crippen LogP) is 4.26. The largest absolute Gasteiger partial charge is 0.416 e. The van der Waals surface area contributed by atoms with Crippen LogP contribution in [0.5, 0.6) is 0 Å². The van der Waals surface area contributed by atoms with E-state index in [2.05, 4.69) is 0 Å². The number of piperidine rings is 1. The first-order valence-corrected chi connectivity index (χ1v) is 6.65. The summed E-state index contributed by atoms with van der Waals surface area (Å²) in [6, 6.07) is 1.33. The third-order valence-electron chi connectivity index (χ3n) is 3.60. The van der Waals surface area contributed by atoms with Crippen molar-refractivity contribution in [3.05, 3.63) is 35.4 Å². The van der Waals surface area contributed by atoms with Gasteiger partial charge < -0.3 is 4.90 Å². The van der Waals surface area contributed by atoms with Gasteiger partial charge in [0.15, 0.2) is 0 Å². The van der Waals surface area contributed by atoms with E-state index >= 15 is 0 Å². The van der Waals surface area contributed by atoms with Gasteiger partial charge in [-0.3, -0.25) is 4.79 Å². The molecular weight excluding hydrogens is 312 g/mol. The molecule has 0 N–H and O–H groups in total. The Kier molecular flexibility index (Phi) is 4.39. The van der Waals surface area contributed by atoms with Gasteiger partial charge in [0, 0.05) is 12.1 Å². The molecule has 1 aromatic carbocycles. The van der Waals surface area contributed by atoms with Crippen LogP contribution in [0.4, 0.5) is 26.3 Å². The summed E-state index contributed by atoms with van der Waals surface area (Å²) in [6.07, 6.45) is -8.47. The first-order valence-electron chi connectivity index (χ1n) is 6.65. The molecule has 0 aromatic heterocycles. The average molecular weight is 325 g/mol. The van der Waals surface area contributed by atoms with Gasteiger partial charge in [-0.1, -0.05) is 0 Å². The summed E-state index contributed by atoms with van der Waals surface area (Å²) in [7, 11) is 0. The standard InChI is InChI=1S/C14H13F6NO/c15-13(16,17)10-6-4-9(5-7-10)12(22)21-8-2-1-3-11(21)14(18,19)20/h4-7,11H,1-3,8H2/t11-/m1/s1. The summed E-state index contributed by atoms with van der Waals surface area (Å²) in [5.41, 5.74) is -1.13. The van der Waals surface area contributed by atoms with Crippen LogP contribution in [-0.2, 0) is 6.18 Å². The Bertz CT molecular complexity index is 534. The van der Waals surface area contributed by atoms with Gasteiger partial charge in [0.25, 0.3) is 5.91 Å². The molecule has 1 fully saturated rings. The van der Waals surface area contributed by atoms with Crippen molar-refractivity contribution in [3.63, 3.8) is 0 Å². The molecule has 0 radical (unpaired) electrons. The van der Waals surface area contributed by atoms with Crippen molar-refractivity contribution in [1.29, 1.82) is 0 Å². The smallest absolute Gasteiger partial charge is 0.327 e. The maximum absolute atomic E-state index is 12.9. The minimum Gasteiger partial charge on any atom is -0.327 e. The van der Waals surface area contributed by atoms with Crippen LogP contribution in [0.1, 0.15) is 35.2 Å². The van der Waals surface area contributed by atoms with Gasteiger partial charge in [-0.05, 0) is 43.5 Å². The van der Waals surface area contributed by atoms with E-state index in [0.29, 0.717) is 29.9 Å². The van der Waals surface area contributed by atoms with E-state index in [9.17, 15) is 31.1 Å². The molecular formula is C14H13F6NO. The minimum absolute atomic E-state index is 0.0516. The van der Waals surface area contributed by atoms with E-state index in [4.69, 9.17) is 0 Å². The number of nitrogens with zero attached hydrogens (tertiary/aromatic N) is 1. The van der Waals surface area contributed by atoms with Crippen LogP contribution in [0.3, 0.4) is 0 Å². The Balaban J connectivity index is 2.22. The number of amides is 1. The van der Waals surface area contributed by atoms with E-state index in [0.717, 1.165) is 12.1 Å². The molecule has 1 atom stereocenters. The van der Waals surface area contributed by atoms with Gasteiger partial charge in [-0.2, -0.15) is 26.3 Å². The van der Waals surface area contributed by atoms with Crippen LogP contribution >= 0.6 is 0 Å². The van der Waals surface area contributed by atoms with Crippen LogP contribution in [0.25, 0.3) is 0 Å². The highest BCUT2D eigenvalue weighted by Gasteiger charge is 2.46. The van der Waals surface area contributed by atoms with E-state index < -0.39 is 29.9 Å². The maximum atomic E-state index is 12.9. The molecule has 0 unspecified atom stereocenters. The number of benzene rings is 1. The Morgan fingerprint density at radius 3 is 2.09 bits per heavy atom. The van der Waals surface area contributed by atoms with Crippen LogP contribution in [0, 0.1) is 0 Å². The Labute approximate surface area is 122 Å². The Morgan fingerprint density at radius 2 is 1.59 bits per heavy atom. The molecule has 1 saturated heterocycles. The second kappa shape index (κ2) is 5.81. The number of carbonyl (C=O) groups is 1. The van der Waals surface area contributed by atoms with Gasteiger partial charge in [-0.25, -0.2) is 0 Å². The van der Waals surface area contributed by atoms with Gasteiger partial charge in [0.1, 0.15) is 6.04 Å². The molecule has 1 amide bonds. The van der Waals surface area contributed by atoms with Crippen molar-refractivity contribution < 1.29 is 31.1 Å². The molecule has 1 aliphatic heterocycles. The number of hydrogen-bond donors (Lipinski definition) is 0. The number of alkyl halides is 6. The second-order valence-corrected chi connectivity index (χ2v) is 5.13. The van der Waals surface area contributed by atoms with Crippen molar-refractivity contribution in [2.24, 2.45) is 0 Å². The highest BCUT2D eigenvalue weighted by molar-refractivity contribution is 5.94. The fourth-order valence-electron chi connectivity index (χ4n) is 2.48. The molecule has 122 valence electrons. The highest BCUT2D eigenvalue weighted by atomic mass is 19.4. The monoisotopic (exact) mass is 325 g/mol. The molecule has 22 heavy (non-hydrogen) atoms. The maximum Gasteiger partial charge on any atom is 0.416 e. The summed E-state index contributed by atoms with van der Waals surface area (Å²) < 4.78 is 76.2. The number of hydrogen-bond acceptors (Lipinski definition) is 1. The molecule has 0 saturated carbocycles. The van der Waals surface area contributed by atoms with Crippen LogP contribution in [-0.4, -0.2) is 29.6 Å². The fraction of sp³-hybridized carbons (Fsp3) is 0.500. The van der Waals surface area contributed by atoms with Gasteiger partial charge in [0.2, 0.25) is 0 Å². The zero-order chi connectivity index (χ0) is 16.5. The summed E-state index contributed by atoms with van der Waals surface area (Å²) in [5.74, 6) is -0.893. The molecule has 1 aliphatic rings. The third kappa shape index (κ3) is 3.53. The Morgan fingerprint density at radius 1 is 1.00 bits per heavy atom. The van der Waals surface area contributed by atoms with Crippen LogP contribution in [0.2, 0.25) is 0 Å². The fourth-order valence-corrected chi connectivity index (χ4v) is 2.48. The van der Waals surface area contributed by atoms with Crippen LogP contribution in [0.15, 0.2) is 24.3 Å². The van der Waals surface area contributed by atoms with Gasteiger partial charge in [0.05, 0.1) is 5.56 Å². The number of likely N-dealkylation sites (tertiary alicyclic amines) is 1. The first-order chi connectivity index (χ1) is 10.1. The van der Waals surface area contributed by atoms with Crippen LogP contribution < -0.4 is 0 Å². The molecule has 1 heterocycles. The molecule has 2 rings (SSSR count). The average Bonchev–Trinajstić information content (AvgIpc) is 2.45. The van der Waals surface area contributed by atoms with Gasteiger partial charge >= 0.3 is 12.4 Å². The van der Waals surface area contributed by atoms with Crippen molar-refractivity contribution in [3.8, 4) is 0 Å². The Hall–Kier alpha value is -1.73. The van der Waals surface area contributed by atoms with E-state index in [1.54, 1.807) is 0 Å². The zero-order valence-electron chi connectivity index (χ0n) is 11.3. The van der Waals surface area contributed by atoms with Crippen molar-refractivity contribution in [1.82, 2.24) is 4.90 Å². The molecule has 0 spiro atoms. The number of halogens is 6. The summed E-state index contributed by atoms with van der Waals surface area (Å²) >= 11 is 0. The van der Waals surface area contributed by atoms with E-state index in [1.807, 2.05) is 0 Å². The quantitative estimate of drug-likeness (QED) is 0.707. The van der Waals surface area contributed by atoms with E-state index in [-0.39, 0.29) is 18.5 Å². The first kappa shape index (κ1) is 16.6. The SMILES string of the molecule is O=C(c1ccc(C(F)(F)F)cc1)N1CCCC[C@@H]1C(F)(F)F. The molecule has 8 heteroatoms. The normalized spacial score (nSPS) is 20.1. The van der Waals surface area contributed by atoms with Crippen molar-refractivity contribution >= 4 is 5.91 Å². The van der Waals surface area contributed by atoms with Gasteiger partial charge in [-0.15, -0.1) is 0 Å². The number of rotatable bonds is 1. The highest BCUT2D eigenvalue weighted by Crippen LogP contribution is 2.33. The topological polar surface area (TPSA) is 20.3 Å². The minimum atomic E-state index is -4.55. The second-order valence-electron chi connectivity index (χ2n) is 5.13. The molecule has 0 bridgehead atoms. The predicted molar refractivity (Wildman–Crippen MR) is 66.2 cm³/mol. The summed E-state index contributed by atoms with van der Waals surface area (Å²) in [5, 5.41) is 0. The molecule has 1 aromatic rings. The lowest BCUT2D eigenvalue weighted by Crippen LogP contribution is -2.51.